The molecule has 1 saturated carbocycles. The fraction of sp³-hybridized carbons (Fsp3) is 0.462. The van der Waals surface area contributed by atoms with E-state index in [1.807, 2.05) is 34.1 Å². The third kappa shape index (κ3) is 5.90. The minimum atomic E-state index is -0.148. The molecule has 1 aliphatic carbocycles. The smallest absolute Gasteiger partial charge is 0.320 e. The van der Waals surface area contributed by atoms with E-state index in [4.69, 9.17) is 15.9 Å². The van der Waals surface area contributed by atoms with Crippen molar-refractivity contribution in [2.45, 2.75) is 38.3 Å². The first-order valence-electron chi connectivity index (χ1n) is 12.2. The van der Waals surface area contributed by atoms with Crippen molar-refractivity contribution in [3.63, 3.8) is 0 Å². The van der Waals surface area contributed by atoms with Gasteiger partial charge >= 0.3 is 12.0 Å². The molecule has 1 aromatic heterocycles. The summed E-state index contributed by atoms with van der Waals surface area (Å²) in [6, 6.07) is 13.9. The van der Waals surface area contributed by atoms with Crippen molar-refractivity contribution in [1.82, 2.24) is 14.8 Å². The Bertz CT molecular complexity index is 1010. The summed E-state index contributed by atoms with van der Waals surface area (Å²) in [7, 11) is 1.44. The van der Waals surface area contributed by atoms with Gasteiger partial charge in [-0.05, 0) is 43.4 Å². The SMILES string of the molecule is COC(=O)C1CCC(N(Cc2ccccc2)C(=O)N2CCN(c3ccc(C(=N)N)cn3)CC2)CC1. The lowest BCUT2D eigenvalue weighted by atomic mass is 9.85. The first-order valence-corrected chi connectivity index (χ1v) is 12.2. The van der Waals surface area contributed by atoms with E-state index in [9.17, 15) is 9.59 Å². The number of esters is 1. The number of anilines is 1. The molecule has 0 bridgehead atoms. The largest absolute Gasteiger partial charge is 0.469 e. The van der Waals surface area contributed by atoms with Crippen molar-refractivity contribution in [1.29, 1.82) is 5.41 Å². The number of pyridine rings is 1. The Morgan fingerprint density at radius 1 is 1.06 bits per heavy atom. The zero-order chi connectivity index (χ0) is 24.8. The number of hydrogen-bond acceptors (Lipinski definition) is 6. The van der Waals surface area contributed by atoms with E-state index in [-0.39, 0.29) is 29.8 Å². The van der Waals surface area contributed by atoms with Crippen LogP contribution in [0.1, 0.15) is 36.8 Å². The molecule has 1 aromatic carbocycles. The Hall–Kier alpha value is -3.62. The quantitative estimate of drug-likeness (QED) is 0.375. The maximum absolute atomic E-state index is 13.7. The van der Waals surface area contributed by atoms with Crippen molar-refractivity contribution >= 4 is 23.7 Å². The summed E-state index contributed by atoms with van der Waals surface area (Å²) in [5.41, 5.74) is 7.23. The molecule has 2 fully saturated rings. The molecule has 4 rings (SSSR count). The van der Waals surface area contributed by atoms with Crippen LogP contribution < -0.4 is 10.6 Å². The molecular formula is C26H34N6O3. The number of hydrogen-bond donors (Lipinski definition) is 2. The van der Waals surface area contributed by atoms with E-state index in [0.29, 0.717) is 38.3 Å². The van der Waals surface area contributed by atoms with E-state index in [1.54, 1.807) is 12.3 Å². The summed E-state index contributed by atoms with van der Waals surface area (Å²) in [6.07, 6.45) is 4.69. The van der Waals surface area contributed by atoms with Crippen molar-refractivity contribution in [3.05, 3.63) is 59.8 Å². The number of rotatable bonds is 6. The van der Waals surface area contributed by atoms with Crippen molar-refractivity contribution < 1.29 is 14.3 Å². The Morgan fingerprint density at radius 3 is 2.31 bits per heavy atom. The van der Waals surface area contributed by atoms with Crippen LogP contribution in [0.15, 0.2) is 48.7 Å². The van der Waals surface area contributed by atoms with Crippen molar-refractivity contribution in [2.75, 3.05) is 38.2 Å². The molecule has 0 spiro atoms. The second-order valence-corrected chi connectivity index (χ2v) is 9.22. The number of nitrogens with zero attached hydrogens (tertiary/aromatic N) is 4. The van der Waals surface area contributed by atoms with Crippen LogP contribution >= 0.6 is 0 Å². The number of nitrogen functional groups attached to an aromatic ring is 1. The van der Waals surface area contributed by atoms with Gasteiger partial charge < -0.3 is 25.2 Å². The molecule has 0 radical (unpaired) electrons. The second-order valence-electron chi connectivity index (χ2n) is 9.22. The Labute approximate surface area is 206 Å². The minimum Gasteiger partial charge on any atom is -0.469 e. The number of carbonyl (C=O) groups is 2. The molecule has 9 nitrogen and oxygen atoms in total. The van der Waals surface area contributed by atoms with Gasteiger partial charge in [0, 0.05) is 50.5 Å². The molecule has 186 valence electrons. The number of amides is 2. The maximum atomic E-state index is 13.7. The lowest BCUT2D eigenvalue weighted by Gasteiger charge is -2.42. The number of nitrogens with one attached hydrogen (secondary N) is 1. The second kappa shape index (κ2) is 11.2. The predicted molar refractivity (Wildman–Crippen MR) is 134 cm³/mol. The van der Waals surface area contributed by atoms with Crippen LogP contribution in [-0.4, -0.2) is 72.0 Å². The molecule has 35 heavy (non-hydrogen) atoms. The Kier molecular flexibility index (Phi) is 7.84. The zero-order valence-corrected chi connectivity index (χ0v) is 20.2. The standard InChI is InChI=1S/C26H34N6O3/c1-35-25(33)20-7-10-22(11-8-20)32(18-19-5-3-2-4-6-19)26(34)31-15-13-30(14-16-31)23-12-9-21(17-29-23)24(27)28/h2-6,9,12,17,20,22H,7-8,10-11,13-16,18H2,1H3,(H3,27,28). The van der Waals surface area contributed by atoms with Gasteiger partial charge in [0.1, 0.15) is 11.7 Å². The van der Waals surface area contributed by atoms with E-state index in [0.717, 1.165) is 37.1 Å². The number of carbonyl (C=O) groups excluding carboxylic acids is 2. The highest BCUT2D eigenvalue weighted by Gasteiger charge is 2.34. The van der Waals surface area contributed by atoms with Gasteiger partial charge in [0.2, 0.25) is 0 Å². The van der Waals surface area contributed by atoms with Crippen LogP contribution in [0.5, 0.6) is 0 Å². The maximum Gasteiger partial charge on any atom is 0.320 e. The average Bonchev–Trinajstić information content (AvgIpc) is 2.92. The third-order valence-electron chi connectivity index (χ3n) is 7.05. The first kappa shape index (κ1) is 24.5. The van der Waals surface area contributed by atoms with Crippen LogP contribution in [0.25, 0.3) is 0 Å². The Balaban J connectivity index is 1.41. The number of piperazine rings is 1. The van der Waals surface area contributed by atoms with Crippen LogP contribution in [0.4, 0.5) is 10.6 Å². The third-order valence-corrected chi connectivity index (χ3v) is 7.05. The van der Waals surface area contributed by atoms with E-state index >= 15 is 0 Å². The summed E-state index contributed by atoms with van der Waals surface area (Å²) in [4.78, 5) is 36.2. The predicted octanol–water partition coefficient (Wildman–Crippen LogP) is 2.84. The lowest BCUT2D eigenvalue weighted by Crippen LogP contribution is -2.55. The lowest BCUT2D eigenvalue weighted by molar-refractivity contribution is -0.146. The van der Waals surface area contributed by atoms with Gasteiger partial charge in [-0.1, -0.05) is 30.3 Å². The molecule has 2 aromatic rings. The molecule has 2 heterocycles. The fourth-order valence-corrected chi connectivity index (χ4v) is 4.96. The number of benzene rings is 1. The number of nitrogens with two attached hydrogens (primary N) is 1. The van der Waals surface area contributed by atoms with Gasteiger partial charge in [0.25, 0.3) is 0 Å². The first-order chi connectivity index (χ1) is 17.0. The summed E-state index contributed by atoms with van der Waals surface area (Å²) in [5, 5.41) is 7.52. The normalized spacial score (nSPS) is 20.3. The number of ether oxygens (including phenoxy) is 1. The topological polar surface area (TPSA) is 116 Å². The molecular weight excluding hydrogens is 444 g/mol. The summed E-state index contributed by atoms with van der Waals surface area (Å²) in [6.45, 7) is 3.15. The number of methoxy groups -OCH3 is 1. The van der Waals surface area contributed by atoms with Crippen molar-refractivity contribution in [2.24, 2.45) is 11.7 Å². The highest BCUT2D eigenvalue weighted by molar-refractivity contribution is 5.94. The van der Waals surface area contributed by atoms with Gasteiger partial charge in [-0.25, -0.2) is 9.78 Å². The minimum absolute atomic E-state index is 0.00130. The molecule has 0 unspecified atom stereocenters. The van der Waals surface area contributed by atoms with E-state index < -0.39 is 0 Å². The average molecular weight is 479 g/mol. The number of aromatic nitrogens is 1. The zero-order valence-electron chi connectivity index (χ0n) is 20.2. The van der Waals surface area contributed by atoms with Gasteiger partial charge in [0.15, 0.2) is 0 Å². The van der Waals surface area contributed by atoms with E-state index in [1.165, 1.54) is 7.11 Å². The number of urea groups is 1. The highest BCUT2D eigenvalue weighted by Crippen LogP contribution is 2.30. The number of amidine groups is 1. The molecule has 2 amide bonds. The van der Waals surface area contributed by atoms with Gasteiger partial charge in [0.05, 0.1) is 13.0 Å². The van der Waals surface area contributed by atoms with Crippen LogP contribution in [-0.2, 0) is 16.1 Å². The molecule has 2 aliphatic rings. The van der Waals surface area contributed by atoms with Gasteiger partial charge in [-0.15, -0.1) is 0 Å². The van der Waals surface area contributed by atoms with Gasteiger partial charge in [-0.2, -0.15) is 0 Å². The molecule has 9 heteroatoms. The Morgan fingerprint density at radius 2 is 1.74 bits per heavy atom. The monoisotopic (exact) mass is 478 g/mol. The van der Waals surface area contributed by atoms with Crippen molar-refractivity contribution in [3.8, 4) is 0 Å². The summed E-state index contributed by atoms with van der Waals surface area (Å²) < 4.78 is 4.93. The van der Waals surface area contributed by atoms with Crippen LogP contribution in [0, 0.1) is 11.3 Å². The molecule has 1 aliphatic heterocycles. The summed E-state index contributed by atoms with van der Waals surface area (Å²) in [5.74, 6) is 0.601. The van der Waals surface area contributed by atoms with Crippen LogP contribution in [0.2, 0.25) is 0 Å². The van der Waals surface area contributed by atoms with Crippen LogP contribution in [0.3, 0.4) is 0 Å². The molecule has 1 saturated heterocycles. The van der Waals surface area contributed by atoms with E-state index in [2.05, 4.69) is 22.0 Å². The fourth-order valence-electron chi connectivity index (χ4n) is 4.96. The van der Waals surface area contributed by atoms with Gasteiger partial charge in [-0.3, -0.25) is 10.2 Å². The molecule has 0 atom stereocenters. The molecule has 3 N–H and O–H groups in total. The summed E-state index contributed by atoms with van der Waals surface area (Å²) >= 11 is 0. The highest BCUT2D eigenvalue weighted by atomic mass is 16.5.